The lowest BCUT2D eigenvalue weighted by molar-refractivity contribution is -0.127. The van der Waals surface area contributed by atoms with E-state index in [0.29, 0.717) is 10.0 Å². The fourth-order valence-electron chi connectivity index (χ4n) is 1.58. The number of benzene rings is 1. The van der Waals surface area contributed by atoms with E-state index in [1.807, 2.05) is 0 Å². The molecule has 0 aliphatic heterocycles. The number of carbonyl (C=O) groups excluding carboxylic acids is 1. The van der Waals surface area contributed by atoms with Gasteiger partial charge in [0.15, 0.2) is 0 Å². The van der Waals surface area contributed by atoms with E-state index < -0.39 is 5.60 Å². The zero-order valence-corrected chi connectivity index (χ0v) is 12.7. The second kappa shape index (κ2) is 6.42. The van der Waals surface area contributed by atoms with Gasteiger partial charge in [-0.05, 0) is 37.6 Å². The maximum atomic E-state index is 11.8. The first-order valence-electron chi connectivity index (χ1n) is 5.80. The Morgan fingerprint density at radius 2 is 2.05 bits per heavy atom. The summed E-state index contributed by atoms with van der Waals surface area (Å²) >= 11 is 11.8. The molecule has 1 amide bonds. The molecule has 0 aliphatic carbocycles. The van der Waals surface area contributed by atoms with Gasteiger partial charge in [-0.3, -0.25) is 4.79 Å². The van der Waals surface area contributed by atoms with Crippen LogP contribution in [0.1, 0.15) is 19.4 Å². The summed E-state index contributed by atoms with van der Waals surface area (Å²) in [4.78, 5) is 13.3. The number of likely N-dealkylation sites (N-methyl/N-ethyl adjacent to an activating group) is 1. The number of hydrogen-bond acceptors (Lipinski definition) is 2. The minimum atomic E-state index is -0.920. The van der Waals surface area contributed by atoms with E-state index in [9.17, 15) is 9.90 Å². The van der Waals surface area contributed by atoms with Crippen molar-refractivity contribution in [3.8, 4) is 0 Å². The second-order valence-electron chi connectivity index (χ2n) is 5.01. The Kier molecular flexibility index (Phi) is 5.41. The molecule has 0 unspecified atom stereocenters. The average molecular weight is 302 g/mol. The van der Waals surface area contributed by atoms with Gasteiger partial charge < -0.3 is 10.0 Å². The van der Waals surface area contributed by atoms with Gasteiger partial charge >= 0.3 is 0 Å². The van der Waals surface area contributed by atoms with Crippen molar-refractivity contribution in [2.45, 2.75) is 19.4 Å². The smallest absolute Gasteiger partial charge is 0.246 e. The molecule has 0 bridgehead atoms. The predicted molar refractivity (Wildman–Crippen MR) is 79.4 cm³/mol. The van der Waals surface area contributed by atoms with Crippen molar-refractivity contribution in [3.05, 3.63) is 39.9 Å². The molecule has 0 heterocycles. The van der Waals surface area contributed by atoms with Gasteiger partial charge in [-0.2, -0.15) is 0 Å². The largest absolute Gasteiger partial charge is 0.389 e. The molecule has 0 spiro atoms. The highest BCUT2D eigenvalue weighted by Gasteiger charge is 2.17. The maximum Gasteiger partial charge on any atom is 0.246 e. The fourth-order valence-corrected chi connectivity index (χ4v) is 2.05. The maximum absolute atomic E-state index is 11.8. The normalized spacial score (nSPS) is 11.9. The quantitative estimate of drug-likeness (QED) is 0.867. The lowest BCUT2D eigenvalue weighted by atomic mass is 10.1. The number of rotatable bonds is 4. The van der Waals surface area contributed by atoms with Crippen LogP contribution in [0.3, 0.4) is 0 Å². The van der Waals surface area contributed by atoms with Crippen LogP contribution in [0.4, 0.5) is 0 Å². The van der Waals surface area contributed by atoms with Gasteiger partial charge in [-0.1, -0.05) is 29.3 Å². The van der Waals surface area contributed by atoms with Crippen LogP contribution in [0.2, 0.25) is 10.0 Å². The first kappa shape index (κ1) is 16.0. The zero-order valence-electron chi connectivity index (χ0n) is 11.2. The number of amides is 1. The molecular formula is C14H17Cl2NO2. The monoisotopic (exact) mass is 301 g/mol. The molecule has 3 nitrogen and oxygen atoms in total. The van der Waals surface area contributed by atoms with E-state index in [-0.39, 0.29) is 12.5 Å². The summed E-state index contributed by atoms with van der Waals surface area (Å²) in [6, 6.07) is 5.07. The SMILES string of the molecule is CN(CC(C)(C)O)C(=O)C=Cc1ccc(Cl)cc1Cl. The molecule has 104 valence electrons. The number of halogens is 2. The van der Waals surface area contributed by atoms with Crippen LogP contribution in [0.25, 0.3) is 6.08 Å². The Morgan fingerprint density at radius 3 is 2.58 bits per heavy atom. The highest BCUT2D eigenvalue weighted by molar-refractivity contribution is 6.35. The second-order valence-corrected chi connectivity index (χ2v) is 5.85. The Balaban J connectivity index is 2.73. The van der Waals surface area contributed by atoms with Crippen molar-refractivity contribution in [2.75, 3.05) is 13.6 Å². The van der Waals surface area contributed by atoms with E-state index in [1.165, 1.54) is 11.0 Å². The lowest BCUT2D eigenvalue weighted by Crippen LogP contribution is -2.38. The molecule has 0 radical (unpaired) electrons. The topological polar surface area (TPSA) is 40.5 Å². The summed E-state index contributed by atoms with van der Waals surface area (Å²) in [6.07, 6.45) is 3.04. The van der Waals surface area contributed by atoms with Gasteiger partial charge in [0.05, 0.1) is 5.60 Å². The van der Waals surface area contributed by atoms with Crippen molar-refractivity contribution < 1.29 is 9.90 Å². The van der Waals surface area contributed by atoms with Gasteiger partial charge in [0.1, 0.15) is 0 Å². The molecule has 5 heteroatoms. The molecule has 1 N–H and O–H groups in total. The summed E-state index contributed by atoms with van der Waals surface area (Å²) < 4.78 is 0. The van der Waals surface area contributed by atoms with E-state index in [4.69, 9.17) is 23.2 Å². The van der Waals surface area contributed by atoms with Crippen molar-refractivity contribution in [1.82, 2.24) is 4.90 Å². The molecule has 0 aromatic heterocycles. The van der Waals surface area contributed by atoms with Crippen molar-refractivity contribution >= 4 is 35.2 Å². The number of nitrogens with zero attached hydrogens (tertiary/aromatic N) is 1. The third-order valence-electron chi connectivity index (χ3n) is 2.37. The van der Waals surface area contributed by atoms with E-state index >= 15 is 0 Å². The Labute approximate surface area is 123 Å². The van der Waals surface area contributed by atoms with Crippen LogP contribution in [-0.2, 0) is 4.79 Å². The first-order chi connectivity index (χ1) is 8.69. The Bertz CT molecular complexity index is 493. The summed E-state index contributed by atoms with van der Waals surface area (Å²) in [5.74, 6) is -0.201. The van der Waals surface area contributed by atoms with Gasteiger partial charge in [-0.25, -0.2) is 0 Å². The third kappa shape index (κ3) is 5.64. The minimum absolute atomic E-state index is 0.201. The van der Waals surface area contributed by atoms with E-state index in [1.54, 1.807) is 45.2 Å². The molecule has 19 heavy (non-hydrogen) atoms. The summed E-state index contributed by atoms with van der Waals surface area (Å²) in [5.41, 5.74) is -0.202. The standard InChI is InChI=1S/C14H17Cl2NO2/c1-14(2,19)9-17(3)13(18)7-5-10-4-6-11(15)8-12(10)16/h4-8,19H,9H2,1-3H3. The fraction of sp³-hybridized carbons (Fsp3) is 0.357. The molecule has 1 rings (SSSR count). The summed E-state index contributed by atoms with van der Waals surface area (Å²) in [5, 5.41) is 10.7. The summed E-state index contributed by atoms with van der Waals surface area (Å²) in [7, 11) is 1.63. The number of hydrogen-bond donors (Lipinski definition) is 1. The van der Waals surface area contributed by atoms with Crippen LogP contribution in [0, 0.1) is 0 Å². The minimum Gasteiger partial charge on any atom is -0.389 e. The molecule has 1 aromatic carbocycles. The molecule has 0 fully saturated rings. The molecule has 0 atom stereocenters. The van der Waals surface area contributed by atoms with Crippen LogP contribution in [0.15, 0.2) is 24.3 Å². The lowest BCUT2D eigenvalue weighted by Gasteiger charge is -2.24. The molecule has 0 saturated heterocycles. The van der Waals surface area contributed by atoms with Gasteiger partial charge in [0.25, 0.3) is 0 Å². The van der Waals surface area contributed by atoms with E-state index in [2.05, 4.69) is 0 Å². The predicted octanol–water partition coefficient (Wildman–Crippen LogP) is 3.24. The van der Waals surface area contributed by atoms with Crippen molar-refractivity contribution in [3.63, 3.8) is 0 Å². The highest BCUT2D eigenvalue weighted by atomic mass is 35.5. The third-order valence-corrected chi connectivity index (χ3v) is 2.93. The molecule has 1 aromatic rings. The van der Waals surface area contributed by atoms with Crippen molar-refractivity contribution in [2.24, 2.45) is 0 Å². The van der Waals surface area contributed by atoms with Crippen LogP contribution < -0.4 is 0 Å². The molecular weight excluding hydrogens is 285 g/mol. The van der Waals surface area contributed by atoms with Crippen LogP contribution in [0.5, 0.6) is 0 Å². The van der Waals surface area contributed by atoms with Gasteiger partial charge in [0, 0.05) is 29.7 Å². The molecule has 0 aliphatic rings. The van der Waals surface area contributed by atoms with Crippen LogP contribution >= 0.6 is 23.2 Å². The Hall–Kier alpha value is -1.03. The summed E-state index contributed by atoms with van der Waals surface area (Å²) in [6.45, 7) is 3.55. The van der Waals surface area contributed by atoms with Crippen LogP contribution in [-0.4, -0.2) is 35.1 Å². The number of aliphatic hydroxyl groups is 1. The van der Waals surface area contributed by atoms with Gasteiger partial charge in [0.2, 0.25) is 5.91 Å². The van der Waals surface area contributed by atoms with Gasteiger partial charge in [-0.15, -0.1) is 0 Å². The molecule has 0 saturated carbocycles. The van der Waals surface area contributed by atoms with E-state index in [0.717, 1.165) is 5.56 Å². The highest BCUT2D eigenvalue weighted by Crippen LogP contribution is 2.22. The first-order valence-corrected chi connectivity index (χ1v) is 6.55. The average Bonchev–Trinajstić information content (AvgIpc) is 2.25. The van der Waals surface area contributed by atoms with Crippen molar-refractivity contribution in [1.29, 1.82) is 0 Å². The zero-order chi connectivity index (χ0) is 14.6. The Morgan fingerprint density at radius 1 is 1.42 bits per heavy atom. The number of carbonyl (C=O) groups is 1.